The van der Waals surface area contributed by atoms with E-state index in [2.05, 4.69) is 31.6 Å². The molecule has 1 aromatic carbocycles. The Bertz CT molecular complexity index is 750. The van der Waals surface area contributed by atoms with Gasteiger partial charge in [-0.15, -0.1) is 0 Å². The van der Waals surface area contributed by atoms with Gasteiger partial charge in [0.1, 0.15) is 11.5 Å². The maximum Gasteiger partial charge on any atom is 0.269 e. The number of carbonyl (C=O) groups excluding carboxylic acids is 2. The van der Waals surface area contributed by atoms with Gasteiger partial charge in [-0.25, -0.2) is 0 Å². The molecule has 0 aliphatic rings. The summed E-state index contributed by atoms with van der Waals surface area (Å²) in [6, 6.07) is 10.9. The number of hydrogen-bond donors (Lipinski definition) is 2. The molecular formula is C19H22N2O3. The van der Waals surface area contributed by atoms with Gasteiger partial charge in [0.2, 0.25) is 0 Å². The Kier molecular flexibility index (Phi) is 5.24. The summed E-state index contributed by atoms with van der Waals surface area (Å²) in [6.07, 6.45) is 2.83. The number of nitrogens with one attached hydrogen (secondary N) is 2. The van der Waals surface area contributed by atoms with E-state index in [0.29, 0.717) is 11.3 Å². The molecule has 0 atom stereocenters. The lowest BCUT2D eigenvalue weighted by atomic mass is 9.87. The Labute approximate surface area is 141 Å². The molecule has 0 spiro atoms. The van der Waals surface area contributed by atoms with Crippen LogP contribution in [0.4, 0.5) is 0 Å². The van der Waals surface area contributed by atoms with E-state index >= 15 is 0 Å². The highest BCUT2D eigenvalue weighted by Gasteiger charge is 2.14. The Balaban J connectivity index is 1.88. The number of rotatable bonds is 3. The van der Waals surface area contributed by atoms with Crippen molar-refractivity contribution < 1.29 is 14.0 Å². The number of benzene rings is 1. The summed E-state index contributed by atoms with van der Waals surface area (Å²) >= 11 is 0. The summed E-state index contributed by atoms with van der Waals surface area (Å²) in [6.45, 7) is 8.14. The SMILES string of the molecule is Cc1ccc(/C=C/C(=O)NNC(=O)c2ccc(C(C)(C)C)cc2)o1. The Morgan fingerprint density at radius 2 is 1.67 bits per heavy atom. The third-order valence-electron chi connectivity index (χ3n) is 3.47. The van der Waals surface area contributed by atoms with Crippen molar-refractivity contribution in [3.05, 3.63) is 65.1 Å². The van der Waals surface area contributed by atoms with Crippen LogP contribution in [0.1, 0.15) is 48.2 Å². The maximum absolute atomic E-state index is 12.0. The largest absolute Gasteiger partial charge is 0.462 e. The molecule has 2 N–H and O–H groups in total. The first kappa shape index (κ1) is 17.5. The maximum atomic E-state index is 12.0. The second kappa shape index (κ2) is 7.17. The highest BCUT2D eigenvalue weighted by Crippen LogP contribution is 2.22. The second-order valence-electron chi connectivity index (χ2n) is 6.55. The van der Waals surface area contributed by atoms with E-state index in [-0.39, 0.29) is 11.3 Å². The molecule has 24 heavy (non-hydrogen) atoms. The van der Waals surface area contributed by atoms with Gasteiger partial charge in [0, 0.05) is 11.6 Å². The molecule has 1 aromatic heterocycles. The van der Waals surface area contributed by atoms with Crippen LogP contribution < -0.4 is 10.9 Å². The fraction of sp³-hybridized carbons (Fsp3) is 0.263. The average molecular weight is 326 g/mol. The van der Waals surface area contributed by atoms with Crippen LogP contribution in [0.15, 0.2) is 46.9 Å². The molecule has 0 aliphatic carbocycles. The minimum Gasteiger partial charge on any atom is -0.462 e. The summed E-state index contributed by atoms with van der Waals surface area (Å²) < 4.78 is 5.31. The standard InChI is InChI=1S/C19H22N2O3/c1-13-5-10-16(24-13)11-12-17(22)20-21-18(23)14-6-8-15(9-7-14)19(2,3)4/h5-12H,1-4H3,(H,20,22)(H,21,23)/b12-11+. The first-order chi connectivity index (χ1) is 11.3. The molecule has 2 amide bonds. The zero-order chi connectivity index (χ0) is 17.7. The number of furan rings is 1. The number of carbonyl (C=O) groups is 2. The monoisotopic (exact) mass is 326 g/mol. The van der Waals surface area contributed by atoms with Crippen LogP contribution >= 0.6 is 0 Å². The molecule has 0 radical (unpaired) electrons. The Hall–Kier alpha value is -2.82. The molecular weight excluding hydrogens is 304 g/mol. The van der Waals surface area contributed by atoms with Gasteiger partial charge in [0.05, 0.1) is 0 Å². The van der Waals surface area contributed by atoms with Crippen molar-refractivity contribution in [3.63, 3.8) is 0 Å². The third-order valence-corrected chi connectivity index (χ3v) is 3.47. The van der Waals surface area contributed by atoms with E-state index in [1.165, 1.54) is 12.2 Å². The van der Waals surface area contributed by atoms with E-state index in [0.717, 1.165) is 11.3 Å². The third kappa shape index (κ3) is 4.84. The van der Waals surface area contributed by atoms with Gasteiger partial charge < -0.3 is 4.42 Å². The van der Waals surface area contributed by atoms with Gasteiger partial charge in [-0.2, -0.15) is 0 Å². The number of amides is 2. The van der Waals surface area contributed by atoms with Gasteiger partial charge in [0.15, 0.2) is 0 Å². The molecule has 0 bridgehead atoms. The Morgan fingerprint density at radius 3 is 2.21 bits per heavy atom. The lowest BCUT2D eigenvalue weighted by Crippen LogP contribution is -2.40. The van der Waals surface area contributed by atoms with Gasteiger partial charge in [0.25, 0.3) is 11.8 Å². The van der Waals surface area contributed by atoms with Crippen molar-refractivity contribution >= 4 is 17.9 Å². The zero-order valence-electron chi connectivity index (χ0n) is 14.3. The van der Waals surface area contributed by atoms with E-state index in [1.807, 2.05) is 19.1 Å². The van der Waals surface area contributed by atoms with Gasteiger partial charge in [-0.1, -0.05) is 32.9 Å². The molecule has 0 saturated heterocycles. The smallest absolute Gasteiger partial charge is 0.269 e. The van der Waals surface area contributed by atoms with E-state index in [4.69, 9.17) is 4.42 Å². The molecule has 0 unspecified atom stereocenters. The summed E-state index contributed by atoms with van der Waals surface area (Å²) in [4.78, 5) is 23.7. The molecule has 2 aromatic rings. The summed E-state index contributed by atoms with van der Waals surface area (Å²) in [5.74, 6) is 0.531. The van der Waals surface area contributed by atoms with Crippen LogP contribution in [0.5, 0.6) is 0 Å². The van der Waals surface area contributed by atoms with Crippen molar-refractivity contribution in [2.24, 2.45) is 0 Å². The van der Waals surface area contributed by atoms with E-state index in [1.54, 1.807) is 24.3 Å². The van der Waals surface area contributed by atoms with Crippen molar-refractivity contribution in [3.8, 4) is 0 Å². The molecule has 1 heterocycles. The number of hydrogen-bond acceptors (Lipinski definition) is 3. The number of aryl methyl sites for hydroxylation is 1. The fourth-order valence-corrected chi connectivity index (χ4v) is 2.05. The lowest BCUT2D eigenvalue weighted by molar-refractivity contribution is -0.117. The van der Waals surface area contributed by atoms with Crippen molar-refractivity contribution in [1.82, 2.24) is 10.9 Å². The normalized spacial score (nSPS) is 11.5. The van der Waals surface area contributed by atoms with Crippen LogP contribution in [0, 0.1) is 6.92 Å². The van der Waals surface area contributed by atoms with Crippen LogP contribution in [-0.2, 0) is 10.2 Å². The lowest BCUT2D eigenvalue weighted by Gasteiger charge is -2.19. The van der Waals surface area contributed by atoms with Gasteiger partial charge in [-0.05, 0) is 48.2 Å². The highest BCUT2D eigenvalue weighted by atomic mass is 16.3. The van der Waals surface area contributed by atoms with E-state index in [9.17, 15) is 9.59 Å². The van der Waals surface area contributed by atoms with E-state index < -0.39 is 5.91 Å². The van der Waals surface area contributed by atoms with Crippen LogP contribution in [0.2, 0.25) is 0 Å². The van der Waals surface area contributed by atoms with Crippen molar-refractivity contribution in [2.45, 2.75) is 33.1 Å². The minimum absolute atomic E-state index is 0.0260. The highest BCUT2D eigenvalue weighted by molar-refractivity contribution is 5.97. The summed E-state index contributed by atoms with van der Waals surface area (Å²) in [5.41, 5.74) is 6.36. The first-order valence-electron chi connectivity index (χ1n) is 7.71. The molecule has 126 valence electrons. The van der Waals surface area contributed by atoms with Crippen molar-refractivity contribution in [2.75, 3.05) is 0 Å². The minimum atomic E-state index is -0.441. The quantitative estimate of drug-likeness (QED) is 0.671. The molecule has 5 nitrogen and oxygen atoms in total. The predicted octanol–water partition coefficient (Wildman–Crippen LogP) is 3.36. The average Bonchev–Trinajstić information content (AvgIpc) is 2.95. The fourth-order valence-electron chi connectivity index (χ4n) is 2.05. The van der Waals surface area contributed by atoms with Crippen molar-refractivity contribution in [1.29, 1.82) is 0 Å². The molecule has 5 heteroatoms. The summed E-state index contributed by atoms with van der Waals surface area (Å²) in [5, 5.41) is 0. The predicted molar refractivity (Wildman–Crippen MR) is 93.2 cm³/mol. The zero-order valence-corrected chi connectivity index (χ0v) is 14.3. The topological polar surface area (TPSA) is 71.3 Å². The first-order valence-corrected chi connectivity index (χ1v) is 7.71. The van der Waals surface area contributed by atoms with Crippen LogP contribution in [0.25, 0.3) is 6.08 Å². The van der Waals surface area contributed by atoms with Crippen LogP contribution in [-0.4, -0.2) is 11.8 Å². The van der Waals surface area contributed by atoms with Crippen LogP contribution in [0.3, 0.4) is 0 Å². The Morgan fingerprint density at radius 1 is 1.00 bits per heavy atom. The summed E-state index contributed by atoms with van der Waals surface area (Å²) in [7, 11) is 0. The molecule has 0 saturated carbocycles. The van der Waals surface area contributed by atoms with Gasteiger partial charge in [-0.3, -0.25) is 20.4 Å². The number of hydrazine groups is 1. The molecule has 2 rings (SSSR count). The molecule has 0 aliphatic heterocycles. The van der Waals surface area contributed by atoms with Gasteiger partial charge >= 0.3 is 0 Å². The molecule has 0 fully saturated rings. The second-order valence-corrected chi connectivity index (χ2v) is 6.55.